The summed E-state index contributed by atoms with van der Waals surface area (Å²) in [5.74, 6) is -0.343. The Morgan fingerprint density at radius 1 is 1.28 bits per heavy atom. The molecular weight excluding hydrogens is 406 g/mol. The Bertz CT molecular complexity index is 646. The van der Waals surface area contributed by atoms with E-state index in [0.717, 1.165) is 34.0 Å². The van der Waals surface area contributed by atoms with Crippen LogP contribution in [0.25, 0.3) is 0 Å². The molecule has 1 unspecified atom stereocenters. The molecule has 0 radical (unpaired) electrons. The summed E-state index contributed by atoms with van der Waals surface area (Å²) in [5.41, 5.74) is 1.83. The molecule has 1 amide bonds. The van der Waals surface area contributed by atoms with Crippen molar-refractivity contribution in [3.05, 3.63) is 33.3 Å². The van der Waals surface area contributed by atoms with Crippen molar-refractivity contribution in [2.75, 3.05) is 7.11 Å². The summed E-state index contributed by atoms with van der Waals surface area (Å²) in [6, 6.07) is 3.91. The van der Waals surface area contributed by atoms with Gasteiger partial charge in [-0.1, -0.05) is 15.9 Å². The van der Waals surface area contributed by atoms with E-state index in [9.17, 15) is 9.59 Å². The van der Waals surface area contributed by atoms with Crippen molar-refractivity contribution in [2.24, 2.45) is 0 Å². The molecule has 0 spiro atoms. The number of benzene rings is 1. The van der Waals surface area contributed by atoms with Crippen LogP contribution in [0.15, 0.2) is 16.6 Å². The fourth-order valence-corrected chi connectivity index (χ4v) is 5.02. The molecule has 0 aromatic heterocycles. The molecule has 4 nitrogen and oxygen atoms in total. The summed E-state index contributed by atoms with van der Waals surface area (Å²) in [7, 11) is 1.68. The molecule has 1 N–H and O–H groups in total. The Hall–Kier alpha value is -0.910. The van der Waals surface area contributed by atoms with E-state index in [1.54, 1.807) is 7.11 Å². The number of ketones is 1. The molecule has 25 heavy (non-hydrogen) atoms. The van der Waals surface area contributed by atoms with Crippen molar-refractivity contribution in [2.45, 2.75) is 63.5 Å². The number of halogens is 2. The highest BCUT2D eigenvalue weighted by atomic mass is 79.9. The molecule has 1 saturated carbocycles. The van der Waals surface area contributed by atoms with Gasteiger partial charge in [-0.3, -0.25) is 9.59 Å². The van der Waals surface area contributed by atoms with Crippen LogP contribution in [0.3, 0.4) is 0 Å². The van der Waals surface area contributed by atoms with Crippen LogP contribution in [0, 0.1) is 13.8 Å². The second kappa shape index (κ2) is 8.19. The van der Waals surface area contributed by atoms with Crippen LogP contribution in [0.5, 0.6) is 0 Å². The van der Waals surface area contributed by atoms with Gasteiger partial charge in [0, 0.05) is 18.5 Å². The van der Waals surface area contributed by atoms with Gasteiger partial charge in [-0.05, 0) is 68.4 Å². The first kappa shape index (κ1) is 20.4. The fraction of sp³-hybridized carbons (Fsp3) is 0.579. The number of amides is 1. The van der Waals surface area contributed by atoms with Crippen molar-refractivity contribution in [3.8, 4) is 0 Å². The van der Waals surface area contributed by atoms with Gasteiger partial charge in [-0.2, -0.15) is 0 Å². The number of ether oxygens (including phenoxy) is 1. The minimum atomic E-state index is -0.917. The van der Waals surface area contributed by atoms with Crippen LogP contribution in [-0.4, -0.2) is 30.4 Å². The maximum absolute atomic E-state index is 13.3. The minimum Gasteiger partial charge on any atom is -0.381 e. The van der Waals surface area contributed by atoms with E-state index in [0.29, 0.717) is 12.8 Å². The first-order valence-corrected chi connectivity index (χ1v) is 9.69. The number of aryl methyl sites for hydroxylation is 2. The van der Waals surface area contributed by atoms with E-state index >= 15 is 0 Å². The second-order valence-electron chi connectivity index (χ2n) is 6.88. The van der Waals surface area contributed by atoms with Crippen molar-refractivity contribution in [3.63, 3.8) is 0 Å². The third-order valence-electron chi connectivity index (χ3n) is 5.05. The molecule has 1 aromatic rings. The highest BCUT2D eigenvalue weighted by molar-refractivity contribution is 9.10. The number of nitrogens with one attached hydrogen (secondary N) is 1. The Kier molecular flexibility index (Phi) is 6.68. The van der Waals surface area contributed by atoms with Gasteiger partial charge in [-0.25, -0.2) is 0 Å². The lowest BCUT2D eigenvalue weighted by Crippen LogP contribution is -2.57. The zero-order valence-electron chi connectivity index (χ0n) is 15.1. The number of alkyl halides is 1. The molecule has 138 valence electrons. The summed E-state index contributed by atoms with van der Waals surface area (Å²) in [5, 5.41) is 2.11. The first-order chi connectivity index (χ1) is 11.7. The van der Waals surface area contributed by atoms with Crippen LogP contribution in [0.4, 0.5) is 0 Å². The quantitative estimate of drug-likeness (QED) is 0.705. The molecule has 1 fully saturated rings. The summed E-state index contributed by atoms with van der Waals surface area (Å²) >= 11 is 10.1. The van der Waals surface area contributed by atoms with Gasteiger partial charge < -0.3 is 10.1 Å². The van der Waals surface area contributed by atoms with Gasteiger partial charge in [0.25, 0.3) is 0 Å². The van der Waals surface area contributed by atoms with Crippen molar-refractivity contribution in [1.82, 2.24) is 5.32 Å². The van der Waals surface area contributed by atoms with Crippen LogP contribution in [-0.2, 0) is 14.3 Å². The molecule has 2 rings (SSSR count). The summed E-state index contributed by atoms with van der Waals surface area (Å²) in [6.07, 6.45) is 2.66. The normalized spacial score (nSPS) is 24.6. The number of Topliss-reactive ketones (excluding diaryl/α,β-unsaturated/α-hetero) is 1. The summed E-state index contributed by atoms with van der Waals surface area (Å²) < 4.78 is 6.36. The van der Waals surface area contributed by atoms with E-state index in [2.05, 4.69) is 21.2 Å². The lowest BCUT2D eigenvalue weighted by Gasteiger charge is -2.40. The molecule has 0 bridgehead atoms. The molecule has 0 aliphatic heterocycles. The average molecular weight is 431 g/mol. The highest BCUT2D eigenvalue weighted by Crippen LogP contribution is 2.39. The van der Waals surface area contributed by atoms with Crippen LogP contribution < -0.4 is 5.32 Å². The number of carbonyl (C=O) groups is 2. The minimum absolute atomic E-state index is 0.125. The standard InChI is InChI=1S/C19H25BrClNO3/c1-11-9-14(20)10-12(2)16(11)17(21)18(24)19(22-13(3)23)7-5-15(25-4)6-8-19/h9-10,15,17H,5-8H2,1-4H3,(H,22,23). The molecule has 1 atom stereocenters. The van der Waals surface area contributed by atoms with Gasteiger partial charge in [-0.15, -0.1) is 11.6 Å². The zero-order valence-corrected chi connectivity index (χ0v) is 17.5. The third-order valence-corrected chi connectivity index (χ3v) is 5.92. The van der Waals surface area contributed by atoms with E-state index in [1.165, 1.54) is 6.92 Å². The van der Waals surface area contributed by atoms with Crippen LogP contribution in [0.2, 0.25) is 0 Å². The number of rotatable bonds is 5. The summed E-state index contributed by atoms with van der Waals surface area (Å²) in [6.45, 7) is 5.34. The van der Waals surface area contributed by atoms with Gasteiger partial charge >= 0.3 is 0 Å². The van der Waals surface area contributed by atoms with Gasteiger partial charge in [0.05, 0.1) is 6.10 Å². The largest absolute Gasteiger partial charge is 0.381 e. The Labute approximate surface area is 162 Å². The van der Waals surface area contributed by atoms with Gasteiger partial charge in [0.2, 0.25) is 5.91 Å². The number of hydrogen-bond acceptors (Lipinski definition) is 3. The zero-order chi connectivity index (χ0) is 18.8. The average Bonchev–Trinajstić information content (AvgIpc) is 2.53. The molecular formula is C19H25BrClNO3. The lowest BCUT2D eigenvalue weighted by molar-refractivity contribution is -0.133. The number of methoxy groups -OCH3 is 1. The van der Waals surface area contributed by atoms with Crippen molar-refractivity contribution < 1.29 is 14.3 Å². The fourth-order valence-electron chi connectivity index (χ4n) is 3.79. The molecule has 1 aliphatic rings. The predicted octanol–water partition coefficient (Wildman–Crippen LogP) is 4.38. The van der Waals surface area contributed by atoms with Gasteiger partial charge in [0.15, 0.2) is 5.78 Å². The molecule has 0 saturated heterocycles. The molecule has 0 heterocycles. The number of hydrogen-bond donors (Lipinski definition) is 1. The molecule has 1 aliphatic carbocycles. The molecule has 6 heteroatoms. The van der Waals surface area contributed by atoms with E-state index in [-0.39, 0.29) is 17.8 Å². The smallest absolute Gasteiger partial charge is 0.217 e. The van der Waals surface area contributed by atoms with E-state index < -0.39 is 10.9 Å². The van der Waals surface area contributed by atoms with Crippen molar-refractivity contribution in [1.29, 1.82) is 0 Å². The highest BCUT2D eigenvalue weighted by Gasteiger charge is 2.45. The van der Waals surface area contributed by atoms with Gasteiger partial charge in [0.1, 0.15) is 10.9 Å². The van der Waals surface area contributed by atoms with E-state index in [1.807, 2.05) is 26.0 Å². The number of carbonyl (C=O) groups excluding carboxylic acids is 2. The third kappa shape index (κ3) is 4.44. The van der Waals surface area contributed by atoms with Crippen LogP contribution >= 0.6 is 27.5 Å². The summed E-state index contributed by atoms with van der Waals surface area (Å²) in [4.78, 5) is 25.1. The Balaban J connectivity index is 2.35. The monoisotopic (exact) mass is 429 g/mol. The maximum Gasteiger partial charge on any atom is 0.217 e. The Morgan fingerprint density at radius 3 is 2.24 bits per heavy atom. The lowest BCUT2D eigenvalue weighted by atomic mass is 9.75. The SMILES string of the molecule is COC1CCC(NC(C)=O)(C(=O)C(Cl)c2c(C)cc(Br)cc2C)CC1. The topological polar surface area (TPSA) is 55.4 Å². The maximum atomic E-state index is 13.3. The Morgan fingerprint density at radius 2 is 1.80 bits per heavy atom. The van der Waals surface area contributed by atoms with Crippen LogP contribution in [0.1, 0.15) is 54.7 Å². The first-order valence-electron chi connectivity index (χ1n) is 8.47. The van der Waals surface area contributed by atoms with Crippen molar-refractivity contribution >= 4 is 39.2 Å². The van der Waals surface area contributed by atoms with E-state index in [4.69, 9.17) is 16.3 Å². The molecule has 1 aromatic carbocycles. The second-order valence-corrected chi connectivity index (χ2v) is 8.23. The predicted molar refractivity (Wildman–Crippen MR) is 103 cm³/mol.